The third-order valence-electron chi connectivity index (χ3n) is 5.63. The molecule has 0 unspecified atom stereocenters. The van der Waals surface area contributed by atoms with Crippen LogP contribution in [0.5, 0.6) is 0 Å². The highest BCUT2D eigenvalue weighted by atomic mass is 19.1. The van der Waals surface area contributed by atoms with E-state index in [1.165, 1.54) is 24.3 Å². The molecule has 1 aliphatic heterocycles. The zero-order chi connectivity index (χ0) is 23.4. The average Bonchev–Trinajstić information content (AvgIpc) is 2.84. The number of hydrogen-bond acceptors (Lipinski definition) is 5. The highest BCUT2D eigenvalue weighted by Gasteiger charge is 2.23. The van der Waals surface area contributed by atoms with Crippen molar-refractivity contribution in [2.45, 2.75) is 0 Å². The van der Waals surface area contributed by atoms with E-state index in [1.807, 2.05) is 54.2 Å². The molecule has 2 aromatic carbocycles. The Morgan fingerprint density at radius 3 is 2.09 bits per heavy atom. The third-order valence-corrected chi connectivity index (χ3v) is 5.63. The largest absolute Gasteiger partial charge is 0.378 e. The molecule has 3 aromatic rings. The molecule has 1 saturated heterocycles. The van der Waals surface area contributed by atoms with Gasteiger partial charge in [0, 0.05) is 57.1 Å². The SMILES string of the molecule is CN(C)c1ccc(C(=O)N2CCN(c3ccc(NC(=O)c4ccc(F)cc4)cn3)CC2)cc1. The van der Waals surface area contributed by atoms with Gasteiger partial charge in [0.25, 0.3) is 11.8 Å². The molecule has 1 fully saturated rings. The van der Waals surface area contributed by atoms with E-state index >= 15 is 0 Å². The normalized spacial score (nSPS) is 13.5. The van der Waals surface area contributed by atoms with Gasteiger partial charge in [-0.3, -0.25) is 9.59 Å². The number of rotatable bonds is 5. The highest BCUT2D eigenvalue weighted by molar-refractivity contribution is 6.04. The van der Waals surface area contributed by atoms with Crippen LogP contribution in [0.2, 0.25) is 0 Å². The maximum absolute atomic E-state index is 13.0. The minimum absolute atomic E-state index is 0.0340. The van der Waals surface area contributed by atoms with Gasteiger partial charge in [0.1, 0.15) is 11.6 Å². The maximum Gasteiger partial charge on any atom is 0.255 e. The minimum atomic E-state index is -0.387. The number of hydrogen-bond donors (Lipinski definition) is 1. The Morgan fingerprint density at radius 2 is 1.52 bits per heavy atom. The van der Waals surface area contributed by atoms with Gasteiger partial charge in [0.05, 0.1) is 11.9 Å². The number of piperazine rings is 1. The van der Waals surface area contributed by atoms with E-state index in [1.54, 1.807) is 12.3 Å². The molecule has 0 atom stereocenters. The fourth-order valence-corrected chi connectivity index (χ4v) is 3.67. The van der Waals surface area contributed by atoms with Crippen molar-refractivity contribution in [2.24, 2.45) is 0 Å². The first kappa shape index (κ1) is 22.3. The van der Waals surface area contributed by atoms with Gasteiger partial charge in [-0.1, -0.05) is 0 Å². The molecule has 4 rings (SSSR count). The number of nitrogens with one attached hydrogen (secondary N) is 1. The highest BCUT2D eigenvalue weighted by Crippen LogP contribution is 2.19. The molecule has 0 saturated carbocycles. The van der Waals surface area contributed by atoms with Gasteiger partial charge in [-0.15, -0.1) is 0 Å². The molecule has 170 valence electrons. The Kier molecular flexibility index (Phi) is 6.53. The molecule has 2 amide bonds. The van der Waals surface area contributed by atoms with Gasteiger partial charge in [-0.25, -0.2) is 9.37 Å². The first-order valence-corrected chi connectivity index (χ1v) is 10.8. The standard InChI is InChI=1S/C25H26FN5O2/c1-29(2)22-10-5-19(6-11-22)25(33)31-15-13-30(14-16-31)23-12-9-21(17-27-23)28-24(32)18-3-7-20(26)8-4-18/h3-12,17H,13-16H2,1-2H3,(H,28,32). The molecule has 0 bridgehead atoms. The second kappa shape index (κ2) is 9.68. The van der Waals surface area contributed by atoms with Gasteiger partial charge in [-0.05, 0) is 60.7 Å². The van der Waals surface area contributed by atoms with Crippen LogP contribution in [-0.2, 0) is 0 Å². The quantitative estimate of drug-likeness (QED) is 0.648. The van der Waals surface area contributed by atoms with Gasteiger partial charge < -0.3 is 20.0 Å². The Hall–Kier alpha value is -3.94. The number of aromatic nitrogens is 1. The fraction of sp³-hybridized carbons (Fsp3) is 0.240. The van der Waals surface area contributed by atoms with Gasteiger partial charge >= 0.3 is 0 Å². The molecule has 0 radical (unpaired) electrons. The Morgan fingerprint density at radius 1 is 0.879 bits per heavy atom. The van der Waals surface area contributed by atoms with Gasteiger partial charge in [0.2, 0.25) is 0 Å². The lowest BCUT2D eigenvalue weighted by atomic mass is 10.1. The topological polar surface area (TPSA) is 68.8 Å². The molecule has 1 N–H and O–H groups in total. The summed E-state index contributed by atoms with van der Waals surface area (Å²) in [5.74, 6) is 0.112. The van der Waals surface area contributed by atoms with E-state index in [2.05, 4.69) is 15.2 Å². The predicted octanol–water partition coefficient (Wildman–Crippen LogP) is 3.50. The Balaban J connectivity index is 1.31. The van der Waals surface area contributed by atoms with E-state index in [0.29, 0.717) is 43.0 Å². The summed E-state index contributed by atoms with van der Waals surface area (Å²) >= 11 is 0. The van der Waals surface area contributed by atoms with Crippen LogP contribution in [0, 0.1) is 5.82 Å². The second-order valence-electron chi connectivity index (χ2n) is 8.09. The molecule has 33 heavy (non-hydrogen) atoms. The van der Waals surface area contributed by atoms with Crippen molar-refractivity contribution in [3.05, 3.63) is 83.8 Å². The lowest BCUT2D eigenvalue weighted by Gasteiger charge is -2.35. The van der Waals surface area contributed by atoms with E-state index in [4.69, 9.17) is 0 Å². The summed E-state index contributed by atoms with van der Waals surface area (Å²) in [7, 11) is 3.94. The molecule has 2 heterocycles. The first-order chi connectivity index (χ1) is 15.9. The molecular weight excluding hydrogens is 421 g/mol. The number of carbonyl (C=O) groups excluding carboxylic acids is 2. The Labute approximate surface area is 192 Å². The Bertz CT molecular complexity index is 1110. The van der Waals surface area contributed by atoms with E-state index in [9.17, 15) is 14.0 Å². The fourth-order valence-electron chi connectivity index (χ4n) is 3.67. The number of pyridine rings is 1. The van der Waals surface area contributed by atoms with Crippen LogP contribution in [0.3, 0.4) is 0 Å². The van der Waals surface area contributed by atoms with Crippen molar-refractivity contribution in [2.75, 3.05) is 55.4 Å². The van der Waals surface area contributed by atoms with Crippen LogP contribution in [0.15, 0.2) is 66.9 Å². The summed E-state index contributed by atoms with van der Waals surface area (Å²) < 4.78 is 13.0. The summed E-state index contributed by atoms with van der Waals surface area (Å²) in [6.07, 6.45) is 1.60. The van der Waals surface area contributed by atoms with E-state index < -0.39 is 0 Å². The van der Waals surface area contributed by atoms with Gasteiger partial charge in [-0.2, -0.15) is 0 Å². The first-order valence-electron chi connectivity index (χ1n) is 10.8. The zero-order valence-corrected chi connectivity index (χ0v) is 18.7. The molecule has 1 aromatic heterocycles. The molecule has 8 heteroatoms. The smallest absolute Gasteiger partial charge is 0.255 e. The summed E-state index contributed by atoms with van der Waals surface area (Å²) in [5.41, 5.74) is 2.67. The second-order valence-corrected chi connectivity index (χ2v) is 8.09. The van der Waals surface area contributed by atoms with Crippen molar-refractivity contribution >= 4 is 29.0 Å². The molecule has 0 spiro atoms. The van der Waals surface area contributed by atoms with Crippen molar-refractivity contribution in [3.8, 4) is 0 Å². The zero-order valence-electron chi connectivity index (χ0n) is 18.7. The van der Waals surface area contributed by atoms with Crippen molar-refractivity contribution in [1.82, 2.24) is 9.88 Å². The van der Waals surface area contributed by atoms with Crippen LogP contribution in [0.25, 0.3) is 0 Å². The summed E-state index contributed by atoms with van der Waals surface area (Å²) in [4.78, 5) is 35.5. The van der Waals surface area contributed by atoms with Crippen LogP contribution in [-0.4, -0.2) is 62.0 Å². The molecule has 7 nitrogen and oxygen atoms in total. The lowest BCUT2D eigenvalue weighted by molar-refractivity contribution is 0.0746. The third kappa shape index (κ3) is 5.28. The van der Waals surface area contributed by atoms with E-state index in [0.717, 1.165) is 11.5 Å². The number of anilines is 3. The maximum atomic E-state index is 13.0. The van der Waals surface area contributed by atoms with Crippen LogP contribution >= 0.6 is 0 Å². The monoisotopic (exact) mass is 447 g/mol. The predicted molar refractivity (Wildman–Crippen MR) is 127 cm³/mol. The van der Waals surface area contributed by atoms with Crippen molar-refractivity contribution in [3.63, 3.8) is 0 Å². The van der Waals surface area contributed by atoms with Crippen LogP contribution in [0.1, 0.15) is 20.7 Å². The van der Waals surface area contributed by atoms with Gasteiger partial charge in [0.15, 0.2) is 0 Å². The number of amides is 2. The van der Waals surface area contributed by atoms with E-state index in [-0.39, 0.29) is 17.6 Å². The summed E-state index contributed by atoms with van der Waals surface area (Å²) in [6, 6.07) is 16.6. The summed E-state index contributed by atoms with van der Waals surface area (Å²) in [5, 5.41) is 2.76. The molecule has 0 aliphatic carbocycles. The van der Waals surface area contributed by atoms with Crippen molar-refractivity contribution in [1.29, 1.82) is 0 Å². The van der Waals surface area contributed by atoms with Crippen LogP contribution < -0.4 is 15.1 Å². The lowest BCUT2D eigenvalue weighted by Crippen LogP contribution is -2.49. The van der Waals surface area contributed by atoms with Crippen LogP contribution in [0.4, 0.5) is 21.6 Å². The number of carbonyl (C=O) groups is 2. The average molecular weight is 448 g/mol. The molecular formula is C25H26FN5O2. The molecule has 1 aliphatic rings. The minimum Gasteiger partial charge on any atom is -0.378 e. The number of benzene rings is 2. The number of halogens is 1. The van der Waals surface area contributed by atoms with Crippen molar-refractivity contribution < 1.29 is 14.0 Å². The summed E-state index contributed by atoms with van der Waals surface area (Å²) in [6.45, 7) is 2.57. The number of nitrogens with zero attached hydrogens (tertiary/aromatic N) is 4.